The first-order valence-corrected chi connectivity index (χ1v) is 13.2. The summed E-state index contributed by atoms with van der Waals surface area (Å²) in [6, 6.07) is 0.699. The minimum atomic E-state index is -1.51. The molecule has 0 N–H and O–H groups in total. The zero-order chi connectivity index (χ0) is 17.1. The maximum absolute atomic E-state index is 3.17. The predicted molar refractivity (Wildman–Crippen MR) is 105 cm³/mol. The second-order valence-corrected chi connectivity index (χ2v) is 19.3. The maximum atomic E-state index is 3.17. The molecule has 0 atom stereocenters. The molecular formula is C18H43NSi2. The van der Waals surface area contributed by atoms with Gasteiger partial charge in [0.15, 0.2) is 0 Å². The van der Waals surface area contributed by atoms with Crippen molar-refractivity contribution in [2.24, 2.45) is 0 Å². The molecular weight excluding hydrogens is 286 g/mol. The van der Waals surface area contributed by atoms with E-state index >= 15 is 0 Å². The van der Waals surface area contributed by atoms with Gasteiger partial charge in [0.1, 0.15) is 17.2 Å². The van der Waals surface area contributed by atoms with Gasteiger partial charge in [-0.25, -0.2) is 0 Å². The van der Waals surface area contributed by atoms with Crippen molar-refractivity contribution in [3.63, 3.8) is 0 Å². The van der Waals surface area contributed by atoms with Crippen LogP contribution in [0, 0.1) is 0 Å². The highest BCUT2D eigenvalue weighted by atomic mass is 28.4. The van der Waals surface area contributed by atoms with Crippen LogP contribution < -0.4 is 0 Å². The van der Waals surface area contributed by atoms with Crippen molar-refractivity contribution in [2.45, 2.75) is 117 Å². The summed E-state index contributed by atoms with van der Waals surface area (Å²) in [4.78, 5) is 0. The largest absolute Gasteiger partial charge is 0.344 e. The molecule has 0 radical (unpaired) electrons. The van der Waals surface area contributed by atoms with Crippen LogP contribution in [0.4, 0.5) is 0 Å². The summed E-state index contributed by atoms with van der Waals surface area (Å²) in [5, 5.41) is 0. The molecule has 0 amide bonds. The van der Waals surface area contributed by atoms with E-state index in [9.17, 15) is 0 Å². The van der Waals surface area contributed by atoms with Crippen LogP contribution in [0.5, 0.6) is 0 Å². The van der Waals surface area contributed by atoms with Gasteiger partial charge in [0.2, 0.25) is 0 Å². The lowest BCUT2D eigenvalue weighted by molar-refractivity contribution is 0.457. The van der Waals surface area contributed by atoms with Crippen molar-refractivity contribution >= 4 is 17.2 Å². The first-order chi connectivity index (χ1) is 9.42. The average molecular weight is 330 g/mol. The summed E-state index contributed by atoms with van der Waals surface area (Å²) < 4.78 is 3.17. The highest BCUT2D eigenvalue weighted by molar-refractivity contribution is 6.89. The lowest BCUT2D eigenvalue weighted by atomic mass is 10.4. The molecule has 0 rings (SSSR count). The summed E-state index contributed by atoms with van der Waals surface area (Å²) in [5.41, 5.74) is 4.19. The Balaban J connectivity index is 6.20. The lowest BCUT2D eigenvalue weighted by Gasteiger charge is -2.57. The van der Waals surface area contributed by atoms with Crippen LogP contribution in [0.1, 0.15) is 83.1 Å². The quantitative estimate of drug-likeness (QED) is 0.465. The Morgan fingerprint density at radius 2 is 0.857 bits per heavy atom. The molecule has 0 unspecified atom stereocenters. The number of hydrogen-bond acceptors (Lipinski definition) is 1. The highest BCUT2D eigenvalue weighted by Crippen LogP contribution is 2.47. The van der Waals surface area contributed by atoms with Gasteiger partial charge in [-0.15, -0.1) is 0 Å². The van der Waals surface area contributed by atoms with Crippen molar-refractivity contribution < 1.29 is 0 Å². The normalized spacial score (nSPS) is 14.3. The van der Waals surface area contributed by atoms with E-state index in [2.05, 4.69) is 87.3 Å². The van der Waals surface area contributed by atoms with E-state index in [-0.39, 0.29) is 0 Å². The fourth-order valence-electron chi connectivity index (χ4n) is 5.36. The minimum Gasteiger partial charge on any atom is -0.344 e. The van der Waals surface area contributed by atoms with Crippen LogP contribution in [0.3, 0.4) is 0 Å². The summed E-state index contributed by atoms with van der Waals surface area (Å²) in [7, 11) is -2.47. The Kier molecular flexibility index (Phi) is 8.46. The second-order valence-electron chi connectivity index (χ2n) is 8.83. The zero-order valence-corrected chi connectivity index (χ0v) is 19.1. The molecule has 3 heteroatoms. The molecule has 0 aromatic heterocycles. The molecule has 0 fully saturated rings. The lowest BCUT2D eigenvalue weighted by Crippen LogP contribution is -2.68. The molecule has 0 aromatic rings. The first kappa shape index (κ1) is 21.4. The van der Waals surface area contributed by atoms with E-state index in [0.717, 1.165) is 27.7 Å². The van der Waals surface area contributed by atoms with Gasteiger partial charge < -0.3 is 4.23 Å². The Labute approximate surface area is 138 Å². The number of rotatable bonds is 8. The van der Waals surface area contributed by atoms with Crippen LogP contribution >= 0.6 is 0 Å². The van der Waals surface area contributed by atoms with Crippen molar-refractivity contribution in [1.82, 2.24) is 4.23 Å². The van der Waals surface area contributed by atoms with Gasteiger partial charge in [0, 0.05) is 0 Å². The van der Waals surface area contributed by atoms with E-state index in [1.54, 1.807) is 0 Å². The third kappa shape index (κ3) is 4.23. The van der Waals surface area contributed by atoms with Crippen LogP contribution in [0.25, 0.3) is 0 Å². The smallest absolute Gasteiger partial charge is 0.129 e. The van der Waals surface area contributed by atoms with Crippen LogP contribution in [-0.4, -0.2) is 27.5 Å². The summed E-state index contributed by atoms with van der Waals surface area (Å²) in [6.45, 7) is 29.9. The predicted octanol–water partition coefficient (Wildman–Crippen LogP) is 6.42. The van der Waals surface area contributed by atoms with Crippen molar-refractivity contribution in [1.29, 1.82) is 0 Å². The Morgan fingerprint density at radius 1 is 0.571 bits per heavy atom. The van der Waals surface area contributed by atoms with Gasteiger partial charge in [-0.05, 0) is 33.7 Å². The highest BCUT2D eigenvalue weighted by Gasteiger charge is 2.52. The van der Waals surface area contributed by atoms with E-state index in [1.807, 2.05) is 0 Å². The van der Waals surface area contributed by atoms with E-state index in [0.29, 0.717) is 6.04 Å². The van der Waals surface area contributed by atoms with Crippen molar-refractivity contribution in [2.75, 3.05) is 0 Å². The van der Waals surface area contributed by atoms with E-state index < -0.39 is 17.2 Å². The molecule has 0 aliphatic carbocycles. The van der Waals surface area contributed by atoms with Crippen LogP contribution in [-0.2, 0) is 0 Å². The molecule has 0 saturated carbocycles. The number of nitrogens with zero attached hydrogens (tertiary/aromatic N) is 1. The fourth-order valence-corrected chi connectivity index (χ4v) is 22.1. The third-order valence-electron chi connectivity index (χ3n) is 5.47. The summed E-state index contributed by atoms with van der Waals surface area (Å²) in [6.07, 6.45) is 0. The molecule has 0 aliphatic heterocycles. The second kappa shape index (κ2) is 8.30. The number of hydrogen-bond donors (Lipinski definition) is 0. The van der Waals surface area contributed by atoms with Crippen LogP contribution in [0.15, 0.2) is 0 Å². The van der Waals surface area contributed by atoms with Gasteiger partial charge in [0.05, 0.1) is 0 Å². The molecule has 0 spiro atoms. The Bertz CT molecular complexity index is 266. The molecule has 0 aliphatic rings. The first-order valence-electron chi connectivity index (χ1n) is 9.20. The molecule has 0 bridgehead atoms. The molecule has 0 saturated heterocycles. The minimum absolute atomic E-state index is 0.699. The molecule has 21 heavy (non-hydrogen) atoms. The molecule has 0 aromatic carbocycles. The van der Waals surface area contributed by atoms with Crippen molar-refractivity contribution in [3.8, 4) is 0 Å². The van der Waals surface area contributed by atoms with Gasteiger partial charge in [-0.1, -0.05) is 83.1 Å². The Hall–Kier alpha value is 0.394. The zero-order valence-electron chi connectivity index (χ0n) is 17.0. The molecule has 0 heterocycles. The Morgan fingerprint density at radius 3 is 1.00 bits per heavy atom. The summed E-state index contributed by atoms with van der Waals surface area (Å²) >= 11 is 0. The van der Waals surface area contributed by atoms with Gasteiger partial charge in [0.25, 0.3) is 0 Å². The van der Waals surface area contributed by atoms with Gasteiger partial charge in [-0.3, -0.25) is 0 Å². The standard InChI is InChI=1S/C18H43NSi2/c1-13(2)19(20(14(3)4)15(5)6)21(16(7)8,17(9)10)18(11)12/h13-18,20H,1-12H3. The summed E-state index contributed by atoms with van der Waals surface area (Å²) in [5.74, 6) is 0. The van der Waals surface area contributed by atoms with Crippen LogP contribution in [0.2, 0.25) is 27.7 Å². The SMILES string of the molecule is CC(C)N([SiH](C(C)C)C(C)C)[Si](C(C)C)(C(C)C)C(C)C. The fraction of sp³-hybridized carbons (Fsp3) is 1.00. The third-order valence-corrected chi connectivity index (χ3v) is 18.6. The topological polar surface area (TPSA) is 3.24 Å². The van der Waals surface area contributed by atoms with E-state index in [4.69, 9.17) is 0 Å². The average Bonchev–Trinajstić information content (AvgIpc) is 2.25. The van der Waals surface area contributed by atoms with E-state index in [1.165, 1.54) is 0 Å². The maximum Gasteiger partial charge on any atom is 0.129 e. The van der Waals surface area contributed by atoms with Gasteiger partial charge in [-0.2, -0.15) is 0 Å². The monoisotopic (exact) mass is 329 g/mol. The van der Waals surface area contributed by atoms with Crippen molar-refractivity contribution in [3.05, 3.63) is 0 Å². The van der Waals surface area contributed by atoms with Gasteiger partial charge >= 0.3 is 0 Å². The molecule has 1 nitrogen and oxygen atoms in total. The molecule has 128 valence electrons.